The number of halogens is 1. The predicted octanol–water partition coefficient (Wildman–Crippen LogP) is 2.38. The van der Waals surface area contributed by atoms with Crippen LogP contribution in [0, 0.1) is 0 Å². The quantitative estimate of drug-likeness (QED) is 0.659. The standard InChI is InChI=1S/C18H19BrN2O4/c1-24-15-8-4-5-9-16(15)25-12-17(22)20-10-11-21-18(23)13-6-2-3-7-14(13)19/h2-9H,10-12H2,1H3,(H,20,22)(H,21,23). The van der Waals surface area contributed by atoms with Crippen molar-refractivity contribution in [3.63, 3.8) is 0 Å². The lowest BCUT2D eigenvalue weighted by Crippen LogP contribution is -2.36. The zero-order valence-electron chi connectivity index (χ0n) is 13.8. The summed E-state index contributed by atoms with van der Waals surface area (Å²) in [4.78, 5) is 23.8. The molecule has 2 amide bonds. The topological polar surface area (TPSA) is 76.7 Å². The second-order valence-electron chi connectivity index (χ2n) is 5.03. The molecule has 0 saturated carbocycles. The normalized spacial score (nSPS) is 10.0. The van der Waals surface area contributed by atoms with E-state index in [0.29, 0.717) is 30.2 Å². The van der Waals surface area contributed by atoms with Crippen LogP contribution in [0.2, 0.25) is 0 Å². The molecule has 0 saturated heterocycles. The number of carbonyl (C=O) groups is 2. The summed E-state index contributed by atoms with van der Waals surface area (Å²) in [5.74, 6) is 0.589. The predicted molar refractivity (Wildman–Crippen MR) is 98.0 cm³/mol. The van der Waals surface area contributed by atoms with Crippen molar-refractivity contribution in [1.29, 1.82) is 0 Å². The Hall–Kier alpha value is -2.54. The molecule has 0 aliphatic carbocycles. The van der Waals surface area contributed by atoms with Gasteiger partial charge in [0.25, 0.3) is 11.8 Å². The summed E-state index contributed by atoms with van der Waals surface area (Å²) in [5, 5.41) is 5.42. The van der Waals surface area contributed by atoms with Gasteiger partial charge in [0.1, 0.15) is 0 Å². The Morgan fingerprint density at radius 2 is 1.60 bits per heavy atom. The van der Waals surface area contributed by atoms with Gasteiger partial charge in [0, 0.05) is 17.6 Å². The second kappa shape index (κ2) is 9.68. The van der Waals surface area contributed by atoms with Crippen LogP contribution in [-0.4, -0.2) is 38.6 Å². The monoisotopic (exact) mass is 406 g/mol. The molecular weight excluding hydrogens is 388 g/mol. The summed E-state index contributed by atoms with van der Waals surface area (Å²) in [6, 6.07) is 14.2. The first kappa shape index (κ1) is 18.8. The fourth-order valence-electron chi connectivity index (χ4n) is 2.05. The van der Waals surface area contributed by atoms with Crippen LogP contribution in [0.15, 0.2) is 53.0 Å². The molecule has 6 nitrogen and oxygen atoms in total. The van der Waals surface area contributed by atoms with Gasteiger partial charge in [-0.25, -0.2) is 0 Å². The van der Waals surface area contributed by atoms with E-state index in [9.17, 15) is 9.59 Å². The minimum absolute atomic E-state index is 0.126. The van der Waals surface area contributed by atoms with Gasteiger partial charge in [-0.1, -0.05) is 24.3 Å². The highest BCUT2D eigenvalue weighted by atomic mass is 79.9. The minimum atomic E-state index is -0.277. The molecule has 2 rings (SSSR count). The number of nitrogens with one attached hydrogen (secondary N) is 2. The van der Waals surface area contributed by atoms with E-state index in [0.717, 1.165) is 4.47 Å². The lowest BCUT2D eigenvalue weighted by molar-refractivity contribution is -0.123. The summed E-state index contributed by atoms with van der Waals surface area (Å²) in [7, 11) is 1.54. The molecule has 0 aliphatic heterocycles. The van der Waals surface area contributed by atoms with E-state index in [4.69, 9.17) is 9.47 Å². The zero-order valence-corrected chi connectivity index (χ0v) is 15.3. The summed E-state index contributed by atoms with van der Waals surface area (Å²) in [6.07, 6.45) is 0. The average Bonchev–Trinajstić information content (AvgIpc) is 2.64. The van der Waals surface area contributed by atoms with Crippen molar-refractivity contribution in [2.75, 3.05) is 26.8 Å². The van der Waals surface area contributed by atoms with E-state index < -0.39 is 0 Å². The van der Waals surface area contributed by atoms with Gasteiger partial charge in [0.2, 0.25) is 0 Å². The van der Waals surface area contributed by atoms with Gasteiger partial charge in [-0.05, 0) is 40.2 Å². The third kappa shape index (κ3) is 5.79. The van der Waals surface area contributed by atoms with Crippen LogP contribution in [0.5, 0.6) is 11.5 Å². The highest BCUT2D eigenvalue weighted by Gasteiger charge is 2.09. The van der Waals surface area contributed by atoms with Crippen molar-refractivity contribution in [2.45, 2.75) is 0 Å². The summed E-state index contributed by atoms with van der Waals surface area (Å²) in [5.41, 5.74) is 0.549. The second-order valence-corrected chi connectivity index (χ2v) is 5.88. The largest absolute Gasteiger partial charge is 0.493 e. The molecule has 2 aromatic rings. The van der Waals surface area contributed by atoms with Crippen molar-refractivity contribution in [1.82, 2.24) is 10.6 Å². The number of hydrogen-bond donors (Lipinski definition) is 2. The number of para-hydroxylation sites is 2. The molecule has 7 heteroatoms. The van der Waals surface area contributed by atoms with Gasteiger partial charge in [-0.2, -0.15) is 0 Å². The maximum Gasteiger partial charge on any atom is 0.258 e. The molecule has 0 fully saturated rings. The van der Waals surface area contributed by atoms with Crippen LogP contribution < -0.4 is 20.1 Å². The molecule has 0 bridgehead atoms. The number of methoxy groups -OCH3 is 1. The van der Waals surface area contributed by atoms with Crippen molar-refractivity contribution < 1.29 is 19.1 Å². The van der Waals surface area contributed by atoms with Crippen LogP contribution in [0.4, 0.5) is 0 Å². The Balaban J connectivity index is 1.69. The summed E-state index contributed by atoms with van der Waals surface area (Å²) < 4.78 is 11.3. The fraction of sp³-hybridized carbons (Fsp3) is 0.222. The SMILES string of the molecule is COc1ccccc1OCC(=O)NCCNC(=O)c1ccccc1Br. The first-order valence-electron chi connectivity index (χ1n) is 7.67. The van der Waals surface area contributed by atoms with Crippen LogP contribution in [0.25, 0.3) is 0 Å². The van der Waals surface area contributed by atoms with Crippen molar-refractivity contribution >= 4 is 27.7 Å². The molecule has 25 heavy (non-hydrogen) atoms. The Labute approximate surface area is 154 Å². The van der Waals surface area contributed by atoms with Gasteiger partial charge < -0.3 is 20.1 Å². The smallest absolute Gasteiger partial charge is 0.258 e. The van der Waals surface area contributed by atoms with Crippen LogP contribution in [0.3, 0.4) is 0 Å². The molecule has 2 aromatic carbocycles. The van der Waals surface area contributed by atoms with Gasteiger partial charge in [0.05, 0.1) is 12.7 Å². The molecule has 0 atom stereocenters. The zero-order chi connectivity index (χ0) is 18.1. The summed E-state index contributed by atoms with van der Waals surface area (Å²) >= 11 is 3.33. The first-order chi connectivity index (χ1) is 12.1. The third-order valence-corrected chi connectivity index (χ3v) is 3.97. The first-order valence-corrected chi connectivity index (χ1v) is 8.46. The molecule has 0 aliphatic rings. The molecular formula is C18H19BrN2O4. The highest BCUT2D eigenvalue weighted by Crippen LogP contribution is 2.25. The lowest BCUT2D eigenvalue weighted by atomic mass is 10.2. The van der Waals surface area contributed by atoms with E-state index in [1.165, 1.54) is 7.11 Å². The van der Waals surface area contributed by atoms with Crippen LogP contribution in [-0.2, 0) is 4.79 Å². The number of ether oxygens (including phenoxy) is 2. The number of benzene rings is 2. The van der Waals surface area contributed by atoms with Gasteiger partial charge >= 0.3 is 0 Å². The Kier molecular flexibility index (Phi) is 7.28. The van der Waals surface area contributed by atoms with Crippen molar-refractivity contribution in [2.24, 2.45) is 0 Å². The lowest BCUT2D eigenvalue weighted by Gasteiger charge is -2.11. The molecule has 0 unspecified atom stereocenters. The van der Waals surface area contributed by atoms with Gasteiger partial charge in [-0.3, -0.25) is 9.59 Å². The van der Waals surface area contributed by atoms with E-state index >= 15 is 0 Å². The molecule has 132 valence electrons. The van der Waals surface area contributed by atoms with Crippen LogP contribution >= 0.6 is 15.9 Å². The fourth-order valence-corrected chi connectivity index (χ4v) is 2.52. The Bertz CT molecular complexity index is 737. The van der Waals surface area contributed by atoms with Gasteiger partial charge in [0.15, 0.2) is 18.1 Å². The Morgan fingerprint density at radius 3 is 2.32 bits per heavy atom. The maximum atomic E-state index is 12.0. The van der Waals surface area contributed by atoms with Crippen LogP contribution in [0.1, 0.15) is 10.4 Å². The maximum absolute atomic E-state index is 12.0. The van der Waals surface area contributed by atoms with E-state index in [1.807, 2.05) is 12.1 Å². The molecule has 0 radical (unpaired) electrons. The van der Waals surface area contributed by atoms with Crippen molar-refractivity contribution in [3.05, 3.63) is 58.6 Å². The van der Waals surface area contributed by atoms with E-state index in [2.05, 4.69) is 26.6 Å². The third-order valence-electron chi connectivity index (χ3n) is 3.28. The summed E-state index contributed by atoms with van der Waals surface area (Å²) in [6.45, 7) is 0.503. The number of amides is 2. The molecule has 0 spiro atoms. The van der Waals surface area contributed by atoms with Crippen molar-refractivity contribution in [3.8, 4) is 11.5 Å². The van der Waals surface area contributed by atoms with Gasteiger partial charge in [-0.15, -0.1) is 0 Å². The number of hydrogen-bond acceptors (Lipinski definition) is 4. The Morgan fingerprint density at radius 1 is 0.960 bits per heavy atom. The number of rotatable bonds is 8. The minimum Gasteiger partial charge on any atom is -0.493 e. The highest BCUT2D eigenvalue weighted by molar-refractivity contribution is 9.10. The molecule has 0 heterocycles. The van der Waals surface area contributed by atoms with E-state index in [-0.39, 0.29) is 18.4 Å². The molecule has 2 N–H and O–H groups in total. The molecule has 0 aromatic heterocycles. The number of carbonyl (C=O) groups excluding carboxylic acids is 2. The van der Waals surface area contributed by atoms with E-state index in [1.54, 1.807) is 36.4 Å². The average molecular weight is 407 g/mol.